The highest BCUT2D eigenvalue weighted by atomic mass is 16.5. The third-order valence-electron chi connectivity index (χ3n) is 7.18. The van der Waals surface area contributed by atoms with Crippen LogP contribution in [-0.2, 0) is 17.8 Å². The first-order valence-electron chi connectivity index (χ1n) is 12.8. The Hall–Kier alpha value is -2.64. The Morgan fingerprint density at radius 2 is 2.12 bits per heavy atom. The standard InChI is InChI=1S/C27H37N5O2/c1-18(2)13-23-22-7-6-8-25-26(22)20(16-32(25)17-21-14-19(3)34-30-21)15-24(29-23)27(33)28-9-12-31-10-4-5-11-31/h6-8,14,16,18,23-24,29H,4-5,9-13,15,17H2,1-3H3,(H,28,33). The fourth-order valence-corrected chi connectivity index (χ4v) is 5.62. The minimum absolute atomic E-state index is 0.105. The van der Waals surface area contributed by atoms with Gasteiger partial charge in [0.15, 0.2) is 0 Å². The van der Waals surface area contributed by atoms with E-state index < -0.39 is 0 Å². The van der Waals surface area contributed by atoms with Crippen molar-refractivity contribution in [3.05, 3.63) is 53.0 Å². The average molecular weight is 464 g/mol. The van der Waals surface area contributed by atoms with Crippen LogP contribution in [0.15, 0.2) is 35.0 Å². The quantitative estimate of drug-likeness (QED) is 0.532. The number of hydrogen-bond acceptors (Lipinski definition) is 5. The third kappa shape index (κ3) is 4.91. The van der Waals surface area contributed by atoms with Gasteiger partial charge in [0.2, 0.25) is 5.91 Å². The second kappa shape index (κ2) is 9.92. The maximum atomic E-state index is 13.3. The van der Waals surface area contributed by atoms with Crippen molar-refractivity contribution in [2.45, 2.75) is 65.1 Å². The van der Waals surface area contributed by atoms with Crippen molar-refractivity contribution in [3.63, 3.8) is 0 Å². The van der Waals surface area contributed by atoms with Gasteiger partial charge in [-0.2, -0.15) is 0 Å². The van der Waals surface area contributed by atoms with Crippen molar-refractivity contribution in [2.24, 2.45) is 5.92 Å². The van der Waals surface area contributed by atoms with Crippen LogP contribution in [-0.4, -0.2) is 52.8 Å². The first-order chi connectivity index (χ1) is 16.5. The molecule has 5 rings (SSSR count). The molecule has 2 N–H and O–H groups in total. The second-order valence-electron chi connectivity index (χ2n) is 10.4. The van der Waals surface area contributed by atoms with Crippen LogP contribution in [0.1, 0.15) is 61.7 Å². The van der Waals surface area contributed by atoms with E-state index in [9.17, 15) is 4.79 Å². The largest absolute Gasteiger partial charge is 0.361 e. The Morgan fingerprint density at radius 3 is 2.85 bits per heavy atom. The lowest BCUT2D eigenvalue weighted by atomic mass is 9.94. The van der Waals surface area contributed by atoms with E-state index in [0.29, 0.717) is 25.4 Å². The Labute approximate surface area is 201 Å². The maximum Gasteiger partial charge on any atom is 0.237 e. The van der Waals surface area contributed by atoms with Crippen LogP contribution < -0.4 is 10.6 Å². The summed E-state index contributed by atoms with van der Waals surface area (Å²) in [6.45, 7) is 11.0. The molecule has 1 aromatic carbocycles. The molecule has 3 aromatic rings. The monoisotopic (exact) mass is 463 g/mol. The van der Waals surface area contributed by atoms with E-state index in [4.69, 9.17) is 4.52 Å². The molecule has 34 heavy (non-hydrogen) atoms. The number of amides is 1. The summed E-state index contributed by atoms with van der Waals surface area (Å²) in [7, 11) is 0. The first-order valence-corrected chi connectivity index (χ1v) is 12.8. The topological polar surface area (TPSA) is 75.3 Å². The highest BCUT2D eigenvalue weighted by Gasteiger charge is 2.31. The number of carbonyl (C=O) groups is 1. The Kier molecular flexibility index (Phi) is 6.75. The van der Waals surface area contributed by atoms with Crippen molar-refractivity contribution in [2.75, 3.05) is 26.2 Å². The van der Waals surface area contributed by atoms with Gasteiger partial charge in [-0.25, -0.2) is 0 Å². The summed E-state index contributed by atoms with van der Waals surface area (Å²) in [5.74, 6) is 1.45. The van der Waals surface area contributed by atoms with Gasteiger partial charge in [0.25, 0.3) is 0 Å². The van der Waals surface area contributed by atoms with Crippen LogP contribution in [0.4, 0.5) is 0 Å². The predicted octanol–water partition coefficient (Wildman–Crippen LogP) is 3.80. The summed E-state index contributed by atoms with van der Waals surface area (Å²) in [6, 6.07) is 8.42. The number of hydrogen-bond donors (Lipinski definition) is 2. The zero-order chi connectivity index (χ0) is 23.7. The molecule has 2 aromatic heterocycles. The lowest BCUT2D eigenvalue weighted by molar-refractivity contribution is -0.123. The minimum Gasteiger partial charge on any atom is -0.361 e. The maximum absolute atomic E-state index is 13.3. The van der Waals surface area contributed by atoms with Gasteiger partial charge >= 0.3 is 0 Å². The SMILES string of the molecule is Cc1cc(Cn2cc3c4c(cccc42)C(CC(C)C)NC(C(=O)NCCN2CCCC2)C3)no1. The minimum atomic E-state index is -0.247. The number of rotatable bonds is 8. The van der Waals surface area contributed by atoms with Crippen molar-refractivity contribution >= 4 is 16.8 Å². The summed E-state index contributed by atoms with van der Waals surface area (Å²) in [4.78, 5) is 15.7. The van der Waals surface area contributed by atoms with E-state index in [1.807, 2.05) is 13.0 Å². The summed E-state index contributed by atoms with van der Waals surface area (Å²) in [6.07, 6.45) is 6.43. The first kappa shape index (κ1) is 23.1. The van der Waals surface area contributed by atoms with E-state index in [0.717, 1.165) is 37.5 Å². The fraction of sp³-hybridized carbons (Fsp3) is 0.556. The molecule has 0 aliphatic carbocycles. The molecular formula is C27H37N5O2. The van der Waals surface area contributed by atoms with Crippen LogP contribution in [0.2, 0.25) is 0 Å². The number of nitrogens with zero attached hydrogens (tertiary/aromatic N) is 3. The molecule has 2 atom stereocenters. The molecule has 2 unspecified atom stereocenters. The van der Waals surface area contributed by atoms with E-state index in [-0.39, 0.29) is 18.0 Å². The molecule has 2 aliphatic rings. The van der Waals surface area contributed by atoms with Crippen LogP contribution in [0, 0.1) is 12.8 Å². The molecular weight excluding hydrogens is 426 g/mol. The van der Waals surface area contributed by atoms with Crippen molar-refractivity contribution < 1.29 is 9.32 Å². The molecule has 0 spiro atoms. The molecule has 0 saturated carbocycles. The molecule has 0 radical (unpaired) electrons. The normalized spacial score (nSPS) is 20.8. The van der Waals surface area contributed by atoms with E-state index in [2.05, 4.69) is 63.5 Å². The molecule has 4 heterocycles. The number of likely N-dealkylation sites (tertiary alicyclic amines) is 1. The number of nitrogens with one attached hydrogen (secondary N) is 2. The van der Waals surface area contributed by atoms with Gasteiger partial charge in [-0.3, -0.25) is 10.1 Å². The number of benzene rings is 1. The van der Waals surface area contributed by atoms with Gasteiger partial charge < -0.3 is 19.3 Å². The second-order valence-corrected chi connectivity index (χ2v) is 10.4. The molecule has 7 nitrogen and oxygen atoms in total. The van der Waals surface area contributed by atoms with Crippen molar-refractivity contribution in [1.29, 1.82) is 0 Å². The smallest absolute Gasteiger partial charge is 0.237 e. The zero-order valence-corrected chi connectivity index (χ0v) is 20.6. The third-order valence-corrected chi connectivity index (χ3v) is 7.18. The molecule has 1 saturated heterocycles. The van der Waals surface area contributed by atoms with Gasteiger partial charge in [0.05, 0.1) is 12.6 Å². The van der Waals surface area contributed by atoms with Crippen LogP contribution in [0.25, 0.3) is 10.9 Å². The van der Waals surface area contributed by atoms with Gasteiger partial charge in [0.1, 0.15) is 11.5 Å². The highest BCUT2D eigenvalue weighted by molar-refractivity contribution is 5.90. The van der Waals surface area contributed by atoms with Crippen LogP contribution in [0.5, 0.6) is 0 Å². The van der Waals surface area contributed by atoms with E-state index in [1.54, 1.807) is 0 Å². The Morgan fingerprint density at radius 1 is 1.29 bits per heavy atom. The van der Waals surface area contributed by atoms with E-state index in [1.165, 1.54) is 34.9 Å². The molecule has 0 bridgehead atoms. The van der Waals surface area contributed by atoms with E-state index >= 15 is 0 Å². The fourth-order valence-electron chi connectivity index (χ4n) is 5.62. The van der Waals surface area contributed by atoms with Gasteiger partial charge in [-0.1, -0.05) is 31.1 Å². The van der Waals surface area contributed by atoms with Crippen LogP contribution in [0.3, 0.4) is 0 Å². The van der Waals surface area contributed by atoms with Gasteiger partial charge in [0, 0.05) is 42.3 Å². The predicted molar refractivity (Wildman–Crippen MR) is 134 cm³/mol. The Bertz CT molecular complexity index is 1140. The lowest BCUT2D eigenvalue weighted by Crippen LogP contribution is -2.48. The summed E-state index contributed by atoms with van der Waals surface area (Å²) < 4.78 is 7.55. The summed E-state index contributed by atoms with van der Waals surface area (Å²) in [5.41, 5.74) is 4.63. The van der Waals surface area contributed by atoms with Gasteiger partial charge in [-0.15, -0.1) is 0 Å². The van der Waals surface area contributed by atoms with Crippen molar-refractivity contribution in [1.82, 2.24) is 25.3 Å². The van der Waals surface area contributed by atoms with Crippen LogP contribution >= 0.6 is 0 Å². The average Bonchev–Trinajstić information content (AvgIpc) is 3.52. The number of aryl methyl sites for hydroxylation is 1. The molecule has 1 amide bonds. The lowest BCUT2D eigenvalue weighted by Gasteiger charge is -2.25. The molecule has 2 aliphatic heterocycles. The molecule has 182 valence electrons. The Balaban J connectivity index is 1.42. The summed E-state index contributed by atoms with van der Waals surface area (Å²) in [5, 5.41) is 12.4. The number of aromatic nitrogens is 2. The van der Waals surface area contributed by atoms with Crippen molar-refractivity contribution in [3.8, 4) is 0 Å². The zero-order valence-electron chi connectivity index (χ0n) is 20.6. The summed E-state index contributed by atoms with van der Waals surface area (Å²) >= 11 is 0. The van der Waals surface area contributed by atoms with Gasteiger partial charge in [-0.05, 0) is 68.8 Å². The highest BCUT2D eigenvalue weighted by Crippen LogP contribution is 2.36. The molecule has 1 fully saturated rings. The number of carbonyl (C=O) groups excluding carboxylic acids is 1. The molecule has 7 heteroatoms.